The molecule has 0 unspecified atom stereocenters. The molecule has 3 N–H and O–H groups in total. The summed E-state index contributed by atoms with van der Waals surface area (Å²) < 4.78 is 0. The summed E-state index contributed by atoms with van der Waals surface area (Å²) in [6.07, 6.45) is 0. The van der Waals surface area contributed by atoms with E-state index in [2.05, 4.69) is 0 Å². The Labute approximate surface area is 55.2 Å². The summed E-state index contributed by atoms with van der Waals surface area (Å²) in [5.41, 5.74) is 0. The first-order valence-electron chi connectivity index (χ1n) is 0.756. The minimum atomic E-state index is -3.29. The van der Waals surface area contributed by atoms with Crippen molar-refractivity contribution in [2.75, 3.05) is 0 Å². The second-order valence-electron chi connectivity index (χ2n) is 0.429. The van der Waals surface area contributed by atoms with Crippen LogP contribution in [0.3, 0.4) is 0 Å². The summed E-state index contributed by atoms with van der Waals surface area (Å²) >= 11 is -3.29. The van der Waals surface area contributed by atoms with Crippen molar-refractivity contribution < 1.29 is 0 Å². The van der Waals surface area contributed by atoms with Crippen molar-refractivity contribution in [3.63, 3.8) is 0 Å². The molecule has 0 aliphatic rings. The zero-order valence-electron chi connectivity index (χ0n) is 2.72. The quantitative estimate of drug-likeness (QED) is 0.679. The molecule has 0 fully saturated rings. The molecule has 0 radical (unpaired) electrons. The average molecular weight is 278 g/mol. The van der Waals surface area contributed by atoms with Gasteiger partial charge in [0.25, 0.3) is 0 Å². The fraction of sp³-hybridized carbons (Fsp3) is 0. The van der Waals surface area contributed by atoms with Crippen molar-refractivity contribution in [1.29, 1.82) is 0 Å². The van der Waals surface area contributed by atoms with E-state index in [-0.39, 0.29) is 6.15 Å². The zero-order chi connectivity index (χ0) is 4.50. The van der Waals surface area contributed by atoms with Crippen LogP contribution < -0.4 is 6.15 Å². The summed E-state index contributed by atoms with van der Waals surface area (Å²) in [5.74, 6) is 0. The van der Waals surface area contributed by atoms with Crippen LogP contribution in [0.25, 0.3) is 0 Å². The molecule has 0 bridgehead atoms. The SMILES string of the molecule is N.[Cl][Sn]([Cl])([Cl])[Cl]. The molecule has 6 heavy (non-hydrogen) atoms. The van der Waals surface area contributed by atoms with E-state index in [1.807, 2.05) is 0 Å². The molecule has 0 atom stereocenters. The fourth-order valence-corrected chi connectivity index (χ4v) is 0. The summed E-state index contributed by atoms with van der Waals surface area (Å²) in [6, 6.07) is 0. The van der Waals surface area contributed by atoms with Crippen molar-refractivity contribution in [2.24, 2.45) is 0 Å². The number of halogens is 4. The van der Waals surface area contributed by atoms with Crippen LogP contribution in [0.2, 0.25) is 0 Å². The summed E-state index contributed by atoms with van der Waals surface area (Å²) in [5, 5.41) is 0. The van der Waals surface area contributed by atoms with Gasteiger partial charge in [-0.05, 0) is 0 Å². The predicted molar refractivity (Wildman–Crippen MR) is 34.2 cm³/mol. The van der Waals surface area contributed by atoms with E-state index in [9.17, 15) is 0 Å². The molecule has 0 aromatic heterocycles. The van der Waals surface area contributed by atoms with Gasteiger partial charge in [-0.2, -0.15) is 0 Å². The Morgan fingerprint density at radius 2 is 0.833 bits per heavy atom. The molecule has 0 rings (SSSR count). The first-order chi connectivity index (χ1) is 2.00. The van der Waals surface area contributed by atoms with Crippen molar-refractivity contribution in [3.8, 4) is 0 Å². The standard InChI is InChI=1S/4ClH.H3N.Sn/h4*1H;1H3;/q;;;;;+4/p-4. The molecular formula is H3Cl4NSn. The molecule has 0 amide bonds. The van der Waals surface area contributed by atoms with Gasteiger partial charge in [0.2, 0.25) is 0 Å². The third kappa shape index (κ3) is 38.9. The van der Waals surface area contributed by atoms with Gasteiger partial charge in [-0.25, -0.2) is 0 Å². The molecule has 6 heteroatoms. The van der Waals surface area contributed by atoms with E-state index in [1.54, 1.807) is 0 Å². The minimum absolute atomic E-state index is 0. The van der Waals surface area contributed by atoms with Gasteiger partial charge in [-0.15, -0.1) is 0 Å². The average Bonchev–Trinajstić information content (AvgIpc) is 0.722. The van der Waals surface area contributed by atoms with E-state index in [1.165, 1.54) is 0 Å². The molecule has 0 saturated carbocycles. The van der Waals surface area contributed by atoms with Gasteiger partial charge in [0.05, 0.1) is 0 Å². The third-order valence-electron chi connectivity index (χ3n) is 0. The van der Waals surface area contributed by atoms with Gasteiger partial charge in [-0.1, -0.05) is 0 Å². The van der Waals surface area contributed by atoms with Crippen LogP contribution in [-0.2, 0) is 0 Å². The Kier molecular flexibility index (Phi) is 6.97. The summed E-state index contributed by atoms with van der Waals surface area (Å²) in [7, 11) is 20.1. The molecular weight excluding hydrogens is 275 g/mol. The second kappa shape index (κ2) is 3.87. The molecule has 1 nitrogen and oxygen atoms in total. The van der Waals surface area contributed by atoms with Crippen LogP contribution in [0.1, 0.15) is 0 Å². The topological polar surface area (TPSA) is 35.0 Å². The molecule has 0 aliphatic carbocycles. The summed E-state index contributed by atoms with van der Waals surface area (Å²) in [4.78, 5) is 0. The van der Waals surface area contributed by atoms with Crippen molar-refractivity contribution in [3.05, 3.63) is 0 Å². The van der Waals surface area contributed by atoms with E-state index in [4.69, 9.17) is 35.7 Å². The third-order valence-corrected chi connectivity index (χ3v) is 0. The number of rotatable bonds is 0. The van der Waals surface area contributed by atoms with Gasteiger partial charge in [0.1, 0.15) is 0 Å². The Hall–Kier alpha value is 1.92. The first-order valence-corrected chi connectivity index (χ1v) is 15.2. The molecule has 0 saturated heterocycles. The maximum atomic E-state index is 5.04. The van der Waals surface area contributed by atoms with Crippen molar-refractivity contribution in [1.82, 2.24) is 6.15 Å². The normalized spacial score (nSPS) is 10.0. The fourth-order valence-electron chi connectivity index (χ4n) is 0. The van der Waals surface area contributed by atoms with Crippen LogP contribution in [-0.4, -0.2) is 13.9 Å². The molecule has 0 aromatic carbocycles. The van der Waals surface area contributed by atoms with Gasteiger partial charge in [0, 0.05) is 0 Å². The predicted octanol–water partition coefficient (Wildman–Crippen LogP) is 2.54. The monoisotopic (exact) mass is 277 g/mol. The summed E-state index contributed by atoms with van der Waals surface area (Å²) in [6.45, 7) is 0. The Morgan fingerprint density at radius 3 is 0.833 bits per heavy atom. The van der Waals surface area contributed by atoms with Gasteiger partial charge in [-0.3, -0.25) is 0 Å². The van der Waals surface area contributed by atoms with Crippen molar-refractivity contribution >= 4 is 49.6 Å². The van der Waals surface area contributed by atoms with Crippen LogP contribution in [0.5, 0.6) is 0 Å². The van der Waals surface area contributed by atoms with Crippen LogP contribution in [0.4, 0.5) is 0 Å². The van der Waals surface area contributed by atoms with Gasteiger partial charge in [0.15, 0.2) is 0 Å². The van der Waals surface area contributed by atoms with Crippen LogP contribution in [0.15, 0.2) is 0 Å². The number of hydrogen-bond donors (Lipinski definition) is 1. The van der Waals surface area contributed by atoms with E-state index >= 15 is 0 Å². The molecule has 40 valence electrons. The van der Waals surface area contributed by atoms with Gasteiger partial charge < -0.3 is 6.15 Å². The van der Waals surface area contributed by atoms with Crippen molar-refractivity contribution in [2.45, 2.75) is 0 Å². The molecule has 0 spiro atoms. The van der Waals surface area contributed by atoms with E-state index in [0.717, 1.165) is 0 Å². The maximum absolute atomic E-state index is 5.04. The zero-order valence-corrected chi connectivity index (χ0v) is 8.60. The Balaban J connectivity index is 0. The second-order valence-corrected chi connectivity index (χ2v) is 25.9. The number of hydrogen-bond acceptors (Lipinski definition) is 1. The molecule has 0 aromatic rings. The van der Waals surface area contributed by atoms with Crippen LogP contribution in [0, 0.1) is 0 Å². The van der Waals surface area contributed by atoms with E-state index in [0.29, 0.717) is 0 Å². The Morgan fingerprint density at radius 1 is 0.833 bits per heavy atom. The Bertz CT molecular complexity index is 23.0. The first kappa shape index (κ1) is 10.8. The molecule has 0 aliphatic heterocycles. The molecule has 0 heterocycles. The van der Waals surface area contributed by atoms with E-state index < -0.39 is 13.9 Å². The van der Waals surface area contributed by atoms with Gasteiger partial charge >= 0.3 is 49.6 Å². The van der Waals surface area contributed by atoms with Crippen LogP contribution >= 0.6 is 35.7 Å².